The maximum Gasteiger partial charge on any atom is 0.234 e. The number of amides is 1. The van der Waals surface area contributed by atoms with Crippen molar-refractivity contribution in [3.05, 3.63) is 53.9 Å². The quantitative estimate of drug-likeness (QED) is 0.386. The van der Waals surface area contributed by atoms with Crippen LogP contribution < -0.4 is 25.4 Å². The minimum atomic E-state index is -0.195. The van der Waals surface area contributed by atoms with E-state index in [0.29, 0.717) is 41.4 Å². The molecule has 0 fully saturated rings. The number of aromatic nitrogens is 3. The van der Waals surface area contributed by atoms with E-state index in [0.717, 1.165) is 12.2 Å². The average Bonchev–Trinajstić information content (AvgIpc) is 3.00. The molecular formula is C24H29N5O4S. The number of fused-ring (bicyclic) bond motifs is 1. The van der Waals surface area contributed by atoms with Crippen LogP contribution in [0, 0.1) is 0 Å². The van der Waals surface area contributed by atoms with E-state index < -0.39 is 0 Å². The number of ether oxygens (including phenoxy) is 3. The summed E-state index contributed by atoms with van der Waals surface area (Å²) in [5.41, 5.74) is 1.94. The number of thioether (sulfide) groups is 1. The third kappa shape index (κ3) is 5.93. The van der Waals surface area contributed by atoms with E-state index in [4.69, 9.17) is 20.1 Å². The first kappa shape index (κ1) is 23.7. The number of nitrogens with one attached hydrogen (secondary N) is 1. The van der Waals surface area contributed by atoms with E-state index in [1.54, 1.807) is 18.2 Å². The van der Waals surface area contributed by atoms with Crippen molar-refractivity contribution in [1.82, 2.24) is 14.9 Å². The summed E-state index contributed by atoms with van der Waals surface area (Å²) < 4.78 is 18.4. The average molecular weight is 484 g/mol. The lowest BCUT2D eigenvalue weighted by Gasteiger charge is -2.19. The van der Waals surface area contributed by atoms with Gasteiger partial charge < -0.3 is 25.4 Å². The Hall–Kier alpha value is -3.40. The smallest absolute Gasteiger partial charge is 0.234 e. The predicted molar refractivity (Wildman–Crippen MR) is 131 cm³/mol. The van der Waals surface area contributed by atoms with E-state index in [1.807, 2.05) is 24.3 Å². The Labute approximate surface area is 203 Å². The van der Waals surface area contributed by atoms with Crippen LogP contribution in [0.2, 0.25) is 0 Å². The van der Waals surface area contributed by atoms with E-state index >= 15 is 0 Å². The Balaban J connectivity index is 1.28. The number of nitrogens with two attached hydrogens (primary N) is 1. The summed E-state index contributed by atoms with van der Waals surface area (Å²) in [7, 11) is 0. The summed E-state index contributed by atoms with van der Waals surface area (Å²) in [4.78, 5) is 12.4. The molecule has 0 unspecified atom stereocenters. The van der Waals surface area contributed by atoms with E-state index in [-0.39, 0.29) is 23.7 Å². The number of hydrogen-bond donors (Lipinski definition) is 2. The molecule has 0 aliphatic carbocycles. The highest BCUT2D eigenvalue weighted by Crippen LogP contribution is 2.32. The first-order valence-corrected chi connectivity index (χ1v) is 12.0. The van der Waals surface area contributed by atoms with Crippen LogP contribution in [0.3, 0.4) is 0 Å². The second kappa shape index (κ2) is 10.3. The Morgan fingerprint density at radius 3 is 2.59 bits per heavy atom. The number of nitrogens with zero attached hydrogens (tertiary/aromatic N) is 3. The molecule has 0 saturated carbocycles. The van der Waals surface area contributed by atoms with Gasteiger partial charge in [0.1, 0.15) is 12.4 Å². The van der Waals surface area contributed by atoms with Crippen molar-refractivity contribution in [2.24, 2.45) is 0 Å². The summed E-state index contributed by atoms with van der Waals surface area (Å²) >= 11 is 1.19. The Kier molecular flexibility index (Phi) is 7.16. The molecule has 1 aromatic heterocycles. The van der Waals surface area contributed by atoms with E-state index in [2.05, 4.69) is 36.3 Å². The van der Waals surface area contributed by atoms with Gasteiger partial charge in [0.05, 0.1) is 19.0 Å². The molecule has 1 aliphatic rings. The lowest BCUT2D eigenvalue weighted by atomic mass is 9.87. The van der Waals surface area contributed by atoms with Gasteiger partial charge in [-0.1, -0.05) is 44.7 Å². The van der Waals surface area contributed by atoms with Gasteiger partial charge in [-0.3, -0.25) is 4.79 Å². The third-order valence-electron chi connectivity index (χ3n) is 5.19. The van der Waals surface area contributed by atoms with Crippen LogP contribution >= 0.6 is 11.8 Å². The molecule has 9 nitrogen and oxygen atoms in total. The first-order chi connectivity index (χ1) is 16.3. The molecule has 1 amide bonds. The van der Waals surface area contributed by atoms with Crippen molar-refractivity contribution in [1.29, 1.82) is 0 Å². The van der Waals surface area contributed by atoms with Gasteiger partial charge in [-0.05, 0) is 35.2 Å². The van der Waals surface area contributed by atoms with Crippen LogP contribution in [-0.4, -0.2) is 39.7 Å². The van der Waals surface area contributed by atoms with Gasteiger partial charge in [-0.15, -0.1) is 10.2 Å². The van der Waals surface area contributed by atoms with Gasteiger partial charge in [-0.2, -0.15) is 0 Å². The van der Waals surface area contributed by atoms with Gasteiger partial charge in [-0.25, -0.2) is 4.68 Å². The standard InChI is InChI=1S/C24H29N5O4S/c1-24(2,3)16-5-8-18(9-6-16)33-14-21-27-28-23(29(21)25)34-15-22(30)26-17-7-10-19-20(13-17)32-12-4-11-31-19/h5-10,13H,4,11-12,14-15,25H2,1-3H3,(H,26,30). The second-order valence-electron chi connectivity index (χ2n) is 8.88. The Bertz CT molecular complexity index is 1140. The summed E-state index contributed by atoms with van der Waals surface area (Å²) in [6.45, 7) is 7.86. The minimum absolute atomic E-state index is 0.0792. The topological polar surface area (TPSA) is 114 Å². The van der Waals surface area contributed by atoms with Gasteiger partial charge in [0.15, 0.2) is 17.3 Å². The molecule has 2 aromatic carbocycles. The van der Waals surface area contributed by atoms with Crippen molar-refractivity contribution in [2.45, 2.75) is 44.4 Å². The zero-order valence-electron chi connectivity index (χ0n) is 19.5. The first-order valence-electron chi connectivity index (χ1n) is 11.0. The van der Waals surface area contributed by atoms with Gasteiger partial charge in [0.25, 0.3) is 0 Å². The summed E-state index contributed by atoms with van der Waals surface area (Å²) in [5, 5.41) is 11.4. The van der Waals surface area contributed by atoms with Gasteiger partial charge in [0, 0.05) is 18.2 Å². The molecule has 0 atom stereocenters. The highest BCUT2D eigenvalue weighted by Gasteiger charge is 2.16. The number of rotatable bonds is 7. The van der Waals surface area contributed by atoms with Gasteiger partial charge in [0.2, 0.25) is 11.1 Å². The largest absolute Gasteiger partial charge is 0.490 e. The third-order valence-corrected chi connectivity index (χ3v) is 6.13. The van der Waals surface area contributed by atoms with Crippen LogP contribution in [-0.2, 0) is 16.8 Å². The molecule has 1 aliphatic heterocycles. The molecule has 0 radical (unpaired) electrons. The fourth-order valence-corrected chi connectivity index (χ4v) is 3.95. The van der Waals surface area contributed by atoms with Crippen LogP contribution in [0.25, 0.3) is 0 Å². The number of carbonyl (C=O) groups is 1. The normalized spacial score (nSPS) is 13.3. The number of anilines is 1. The molecule has 3 aromatic rings. The molecule has 2 heterocycles. The summed E-state index contributed by atoms with van der Waals surface area (Å²) in [6.07, 6.45) is 0.823. The summed E-state index contributed by atoms with van der Waals surface area (Å²) in [5.74, 6) is 8.53. The molecule has 180 valence electrons. The lowest BCUT2D eigenvalue weighted by molar-refractivity contribution is -0.113. The Morgan fingerprint density at radius 2 is 1.85 bits per heavy atom. The fourth-order valence-electron chi connectivity index (χ4n) is 3.27. The highest BCUT2D eigenvalue weighted by atomic mass is 32.2. The predicted octanol–water partition coefficient (Wildman–Crippen LogP) is 3.76. The molecule has 0 bridgehead atoms. The molecule has 0 spiro atoms. The van der Waals surface area contributed by atoms with Crippen LogP contribution in [0.1, 0.15) is 38.6 Å². The SMILES string of the molecule is CC(C)(C)c1ccc(OCc2nnc(SCC(=O)Nc3ccc4c(c3)OCCCO4)n2N)cc1. The van der Waals surface area contributed by atoms with Crippen molar-refractivity contribution in [3.63, 3.8) is 0 Å². The zero-order chi connectivity index (χ0) is 24.1. The monoisotopic (exact) mass is 483 g/mol. The number of benzene rings is 2. The van der Waals surface area contributed by atoms with E-state index in [9.17, 15) is 4.79 Å². The molecular weight excluding hydrogens is 454 g/mol. The molecule has 0 saturated heterocycles. The van der Waals surface area contributed by atoms with Gasteiger partial charge >= 0.3 is 0 Å². The molecule has 3 N–H and O–H groups in total. The van der Waals surface area contributed by atoms with E-state index in [1.165, 1.54) is 22.0 Å². The number of carbonyl (C=O) groups excluding carboxylic acids is 1. The minimum Gasteiger partial charge on any atom is -0.490 e. The second-order valence-corrected chi connectivity index (χ2v) is 9.82. The van der Waals surface area contributed by atoms with Crippen molar-refractivity contribution >= 4 is 23.4 Å². The van der Waals surface area contributed by atoms with Crippen molar-refractivity contribution in [2.75, 3.05) is 30.1 Å². The molecule has 10 heteroatoms. The maximum atomic E-state index is 12.4. The van der Waals surface area contributed by atoms with Crippen LogP contribution in [0.4, 0.5) is 5.69 Å². The highest BCUT2D eigenvalue weighted by molar-refractivity contribution is 7.99. The van der Waals surface area contributed by atoms with Crippen LogP contribution in [0.5, 0.6) is 17.2 Å². The fraction of sp³-hybridized carbons (Fsp3) is 0.375. The maximum absolute atomic E-state index is 12.4. The Morgan fingerprint density at radius 1 is 1.12 bits per heavy atom. The lowest BCUT2D eigenvalue weighted by Crippen LogP contribution is -2.18. The van der Waals surface area contributed by atoms with Crippen molar-refractivity contribution < 1.29 is 19.0 Å². The zero-order valence-corrected chi connectivity index (χ0v) is 20.4. The van der Waals surface area contributed by atoms with Crippen LogP contribution in [0.15, 0.2) is 47.6 Å². The summed E-state index contributed by atoms with van der Waals surface area (Å²) in [6, 6.07) is 13.3. The molecule has 34 heavy (non-hydrogen) atoms. The number of nitrogen functional groups attached to an aromatic ring is 1. The molecule has 4 rings (SSSR count). The van der Waals surface area contributed by atoms with Crippen molar-refractivity contribution in [3.8, 4) is 17.2 Å². The number of hydrogen-bond acceptors (Lipinski definition) is 8.